The van der Waals surface area contributed by atoms with Crippen LogP contribution in [0.25, 0.3) is 0 Å². The molecular weight excluding hydrogens is 280 g/mol. The second-order valence-corrected chi connectivity index (χ2v) is 6.14. The lowest BCUT2D eigenvalue weighted by Crippen LogP contribution is -2.02. The SMILES string of the molecule is CC(=O)c1ccc(SCCOc2cccc(C)c2C)cc1. The molecule has 2 aromatic rings. The average molecular weight is 300 g/mol. The highest BCUT2D eigenvalue weighted by Crippen LogP contribution is 2.22. The van der Waals surface area contributed by atoms with Gasteiger partial charge in [-0.25, -0.2) is 0 Å². The summed E-state index contributed by atoms with van der Waals surface area (Å²) in [6, 6.07) is 13.8. The molecule has 110 valence electrons. The Bertz CT molecular complexity index is 618. The highest BCUT2D eigenvalue weighted by atomic mass is 32.2. The molecule has 0 spiro atoms. The van der Waals surface area contributed by atoms with Crippen molar-refractivity contribution in [2.45, 2.75) is 25.7 Å². The van der Waals surface area contributed by atoms with Gasteiger partial charge in [-0.3, -0.25) is 4.79 Å². The van der Waals surface area contributed by atoms with Crippen molar-refractivity contribution in [3.05, 3.63) is 59.2 Å². The molecule has 0 unspecified atom stereocenters. The number of aryl methyl sites for hydroxylation is 1. The van der Waals surface area contributed by atoms with Gasteiger partial charge >= 0.3 is 0 Å². The van der Waals surface area contributed by atoms with Gasteiger partial charge in [0.25, 0.3) is 0 Å². The number of ether oxygens (including phenoxy) is 1. The van der Waals surface area contributed by atoms with Crippen molar-refractivity contribution in [3.63, 3.8) is 0 Å². The van der Waals surface area contributed by atoms with Crippen LogP contribution in [0.2, 0.25) is 0 Å². The van der Waals surface area contributed by atoms with E-state index >= 15 is 0 Å². The van der Waals surface area contributed by atoms with Crippen LogP contribution in [0.1, 0.15) is 28.4 Å². The summed E-state index contributed by atoms with van der Waals surface area (Å²) in [5, 5.41) is 0. The number of hydrogen-bond acceptors (Lipinski definition) is 3. The van der Waals surface area contributed by atoms with Crippen molar-refractivity contribution in [2.75, 3.05) is 12.4 Å². The van der Waals surface area contributed by atoms with Crippen molar-refractivity contribution in [1.82, 2.24) is 0 Å². The topological polar surface area (TPSA) is 26.3 Å². The van der Waals surface area contributed by atoms with E-state index in [9.17, 15) is 4.79 Å². The number of carbonyl (C=O) groups is 1. The fraction of sp³-hybridized carbons (Fsp3) is 0.278. The summed E-state index contributed by atoms with van der Waals surface area (Å²) in [4.78, 5) is 12.4. The van der Waals surface area contributed by atoms with E-state index in [1.807, 2.05) is 36.4 Å². The third-order valence-corrected chi connectivity index (χ3v) is 4.40. The highest BCUT2D eigenvalue weighted by molar-refractivity contribution is 7.99. The first kappa shape index (κ1) is 15.6. The van der Waals surface area contributed by atoms with Gasteiger partial charge in [-0.15, -0.1) is 11.8 Å². The maximum Gasteiger partial charge on any atom is 0.159 e. The van der Waals surface area contributed by atoms with E-state index in [0.29, 0.717) is 6.61 Å². The van der Waals surface area contributed by atoms with Crippen molar-refractivity contribution < 1.29 is 9.53 Å². The maximum absolute atomic E-state index is 11.2. The molecule has 0 aromatic heterocycles. The van der Waals surface area contributed by atoms with Crippen LogP contribution in [-0.4, -0.2) is 18.1 Å². The number of thioether (sulfide) groups is 1. The minimum Gasteiger partial charge on any atom is -0.492 e. The fourth-order valence-corrected chi connectivity index (χ4v) is 2.71. The molecule has 0 aliphatic rings. The number of hydrogen-bond donors (Lipinski definition) is 0. The van der Waals surface area contributed by atoms with E-state index in [0.717, 1.165) is 22.0 Å². The van der Waals surface area contributed by atoms with Crippen molar-refractivity contribution >= 4 is 17.5 Å². The standard InChI is InChI=1S/C18H20O2S/c1-13-5-4-6-18(14(13)2)20-11-12-21-17-9-7-16(8-10-17)15(3)19/h4-10H,11-12H2,1-3H3. The fourth-order valence-electron chi connectivity index (χ4n) is 1.98. The monoisotopic (exact) mass is 300 g/mol. The maximum atomic E-state index is 11.2. The first-order valence-electron chi connectivity index (χ1n) is 7.01. The number of ketones is 1. The molecule has 0 fully saturated rings. The van der Waals surface area contributed by atoms with Crippen LogP contribution in [0.15, 0.2) is 47.4 Å². The quantitative estimate of drug-likeness (QED) is 0.440. The van der Waals surface area contributed by atoms with Crippen LogP contribution in [0, 0.1) is 13.8 Å². The molecule has 0 N–H and O–H groups in total. The Kier molecular flexibility index (Phi) is 5.45. The highest BCUT2D eigenvalue weighted by Gasteiger charge is 2.02. The molecule has 0 amide bonds. The van der Waals surface area contributed by atoms with Crippen LogP contribution in [0.5, 0.6) is 5.75 Å². The predicted octanol–water partition coefficient (Wildman–Crippen LogP) is 4.68. The minimum atomic E-state index is 0.102. The molecule has 0 aliphatic heterocycles. The molecule has 0 saturated carbocycles. The lowest BCUT2D eigenvalue weighted by atomic mass is 10.1. The smallest absolute Gasteiger partial charge is 0.159 e. The normalized spacial score (nSPS) is 10.4. The third-order valence-electron chi connectivity index (χ3n) is 3.43. The first-order chi connectivity index (χ1) is 10.1. The van der Waals surface area contributed by atoms with Crippen LogP contribution < -0.4 is 4.74 Å². The van der Waals surface area contributed by atoms with Gasteiger partial charge in [-0.1, -0.05) is 24.3 Å². The summed E-state index contributed by atoms with van der Waals surface area (Å²) in [5.41, 5.74) is 3.21. The largest absolute Gasteiger partial charge is 0.492 e. The Hall–Kier alpha value is -1.74. The molecule has 2 nitrogen and oxygen atoms in total. The van der Waals surface area contributed by atoms with E-state index in [1.54, 1.807) is 18.7 Å². The zero-order chi connectivity index (χ0) is 15.2. The molecule has 0 radical (unpaired) electrons. The van der Waals surface area contributed by atoms with Crippen LogP contribution in [0.3, 0.4) is 0 Å². The summed E-state index contributed by atoms with van der Waals surface area (Å²) in [5.74, 6) is 1.94. The second kappa shape index (κ2) is 7.32. The van der Waals surface area contributed by atoms with Gasteiger partial charge in [0.05, 0.1) is 6.61 Å². The molecule has 21 heavy (non-hydrogen) atoms. The lowest BCUT2D eigenvalue weighted by Gasteiger charge is -2.10. The van der Waals surface area contributed by atoms with Crippen LogP contribution >= 0.6 is 11.8 Å². The molecule has 2 aromatic carbocycles. The average Bonchev–Trinajstić information content (AvgIpc) is 2.48. The number of carbonyl (C=O) groups excluding carboxylic acids is 1. The van der Waals surface area contributed by atoms with Crippen molar-refractivity contribution in [3.8, 4) is 5.75 Å². The molecular formula is C18H20O2S. The first-order valence-corrected chi connectivity index (χ1v) is 7.99. The van der Waals surface area contributed by atoms with Crippen molar-refractivity contribution in [1.29, 1.82) is 0 Å². The number of Topliss-reactive ketones (excluding diaryl/α,β-unsaturated/α-hetero) is 1. The number of rotatable bonds is 6. The molecule has 0 aliphatic carbocycles. The number of benzene rings is 2. The van der Waals surface area contributed by atoms with E-state index in [-0.39, 0.29) is 5.78 Å². The summed E-state index contributed by atoms with van der Waals surface area (Å²) in [6.07, 6.45) is 0. The second-order valence-electron chi connectivity index (χ2n) is 4.98. The Morgan fingerprint density at radius 2 is 1.81 bits per heavy atom. The Balaban J connectivity index is 1.82. The van der Waals surface area contributed by atoms with Gasteiger partial charge in [0.2, 0.25) is 0 Å². The molecule has 0 saturated heterocycles. The summed E-state index contributed by atoms with van der Waals surface area (Å²) in [6.45, 7) is 6.43. The minimum absolute atomic E-state index is 0.102. The molecule has 3 heteroatoms. The van der Waals surface area contributed by atoms with Crippen LogP contribution in [-0.2, 0) is 0 Å². The lowest BCUT2D eigenvalue weighted by molar-refractivity contribution is 0.101. The van der Waals surface area contributed by atoms with Gasteiger partial charge in [0.1, 0.15) is 5.75 Å². The van der Waals surface area contributed by atoms with E-state index in [4.69, 9.17) is 4.74 Å². The molecule has 0 atom stereocenters. The Labute approximate surface area is 130 Å². The summed E-state index contributed by atoms with van der Waals surface area (Å²) < 4.78 is 5.83. The Morgan fingerprint density at radius 3 is 2.48 bits per heavy atom. The van der Waals surface area contributed by atoms with E-state index in [2.05, 4.69) is 19.9 Å². The van der Waals surface area contributed by atoms with Gasteiger partial charge < -0.3 is 4.74 Å². The van der Waals surface area contributed by atoms with Gasteiger partial charge in [-0.2, -0.15) is 0 Å². The summed E-state index contributed by atoms with van der Waals surface area (Å²) >= 11 is 1.73. The third kappa shape index (κ3) is 4.36. The summed E-state index contributed by atoms with van der Waals surface area (Å²) in [7, 11) is 0. The molecule has 0 heterocycles. The van der Waals surface area contributed by atoms with Crippen LogP contribution in [0.4, 0.5) is 0 Å². The Morgan fingerprint density at radius 1 is 1.10 bits per heavy atom. The van der Waals surface area contributed by atoms with Gasteiger partial charge in [-0.05, 0) is 50.1 Å². The van der Waals surface area contributed by atoms with Gasteiger partial charge in [0.15, 0.2) is 5.78 Å². The zero-order valence-corrected chi connectivity index (χ0v) is 13.5. The van der Waals surface area contributed by atoms with E-state index < -0.39 is 0 Å². The van der Waals surface area contributed by atoms with E-state index in [1.165, 1.54) is 11.1 Å². The molecule has 0 bridgehead atoms. The van der Waals surface area contributed by atoms with Crippen molar-refractivity contribution in [2.24, 2.45) is 0 Å². The van der Waals surface area contributed by atoms with Gasteiger partial charge in [0, 0.05) is 16.2 Å². The molecule has 2 rings (SSSR count). The zero-order valence-electron chi connectivity index (χ0n) is 12.7. The predicted molar refractivity (Wildman–Crippen MR) is 88.6 cm³/mol.